The molecule has 1 aromatic rings. The van der Waals surface area contributed by atoms with Crippen LogP contribution < -0.4 is 0 Å². The van der Waals surface area contributed by atoms with Crippen LogP contribution >= 0.6 is 12.2 Å². The third kappa shape index (κ3) is 5.65. The summed E-state index contributed by atoms with van der Waals surface area (Å²) in [5.74, 6) is 0.323. The summed E-state index contributed by atoms with van der Waals surface area (Å²) < 4.78 is 34.2. The van der Waals surface area contributed by atoms with Crippen LogP contribution in [0.15, 0.2) is 4.42 Å². The number of aromatic amines is 1. The summed E-state index contributed by atoms with van der Waals surface area (Å²) in [5, 5.41) is 6.29. The molecule has 0 aliphatic heterocycles. The summed E-state index contributed by atoms with van der Waals surface area (Å²) in [4.78, 5) is 0.239. The molecule has 0 fully saturated rings. The largest absolute Gasteiger partial charge is 0.414 e. The van der Waals surface area contributed by atoms with E-state index in [2.05, 4.69) is 22.4 Å². The molecule has 0 amide bonds. The molecule has 0 saturated heterocycles. The Balaban J connectivity index is 2.15. The van der Waals surface area contributed by atoms with Crippen molar-refractivity contribution in [2.24, 2.45) is 0 Å². The summed E-state index contributed by atoms with van der Waals surface area (Å²) in [6.45, 7) is 0. The van der Waals surface area contributed by atoms with E-state index in [4.69, 9.17) is 8.97 Å². The molecule has 86 valence electrons. The molecule has 0 atom stereocenters. The molecule has 0 radical (unpaired) electrons. The molecule has 0 aliphatic rings. The molecule has 0 spiro atoms. The van der Waals surface area contributed by atoms with Gasteiger partial charge in [-0.2, -0.15) is 8.42 Å². The lowest BCUT2D eigenvalue weighted by atomic mass is 10.2. The first kappa shape index (κ1) is 12.3. The Bertz CT molecular complexity index is 448. The predicted molar refractivity (Wildman–Crippen MR) is 55.7 cm³/mol. The van der Waals surface area contributed by atoms with Gasteiger partial charge in [-0.25, -0.2) is 5.10 Å². The second kappa shape index (κ2) is 5.38. The van der Waals surface area contributed by atoms with E-state index in [1.807, 2.05) is 0 Å². The zero-order valence-electron chi connectivity index (χ0n) is 7.97. The van der Waals surface area contributed by atoms with Crippen molar-refractivity contribution in [1.82, 2.24) is 10.2 Å². The summed E-state index contributed by atoms with van der Waals surface area (Å²) in [7, 11) is -3.83. The van der Waals surface area contributed by atoms with Crippen LogP contribution in [0.4, 0.5) is 0 Å². The summed E-state index contributed by atoms with van der Waals surface area (Å²) in [6, 6.07) is 0. The highest BCUT2D eigenvalue weighted by molar-refractivity contribution is 7.85. The number of H-pyrrole nitrogens is 1. The SMILES string of the molecule is O=S(=O)(O)CCCCCc1n[nH]c(=S)o1. The van der Waals surface area contributed by atoms with Crippen molar-refractivity contribution < 1.29 is 17.4 Å². The minimum Gasteiger partial charge on any atom is -0.414 e. The number of hydrogen-bond donors (Lipinski definition) is 2. The number of rotatable bonds is 6. The van der Waals surface area contributed by atoms with Crippen LogP contribution in [0.2, 0.25) is 0 Å². The molecular formula is C7H12N2O4S2. The van der Waals surface area contributed by atoms with Gasteiger partial charge in [0.15, 0.2) is 0 Å². The van der Waals surface area contributed by atoms with Crippen molar-refractivity contribution in [2.75, 3.05) is 5.75 Å². The molecule has 1 heterocycles. The van der Waals surface area contributed by atoms with Crippen molar-refractivity contribution >= 4 is 22.3 Å². The van der Waals surface area contributed by atoms with Crippen LogP contribution in [-0.4, -0.2) is 28.9 Å². The van der Waals surface area contributed by atoms with Gasteiger partial charge in [-0.1, -0.05) is 6.42 Å². The van der Waals surface area contributed by atoms with Gasteiger partial charge in [0.05, 0.1) is 5.75 Å². The van der Waals surface area contributed by atoms with Gasteiger partial charge in [0, 0.05) is 6.42 Å². The Kier molecular flexibility index (Phi) is 4.43. The first-order valence-electron chi connectivity index (χ1n) is 4.47. The quantitative estimate of drug-likeness (QED) is 0.450. The zero-order chi connectivity index (χ0) is 11.3. The highest BCUT2D eigenvalue weighted by atomic mass is 32.2. The number of nitrogens with one attached hydrogen (secondary N) is 1. The smallest absolute Gasteiger partial charge is 0.284 e. The lowest BCUT2D eigenvalue weighted by Crippen LogP contribution is -2.03. The van der Waals surface area contributed by atoms with Gasteiger partial charge >= 0.3 is 0 Å². The summed E-state index contributed by atoms with van der Waals surface area (Å²) in [5.41, 5.74) is 0. The topological polar surface area (TPSA) is 96.2 Å². The minimum absolute atomic E-state index is 0.197. The molecule has 0 aromatic carbocycles. The number of hydrogen-bond acceptors (Lipinski definition) is 5. The molecule has 0 unspecified atom stereocenters. The van der Waals surface area contributed by atoms with Crippen LogP contribution in [0, 0.1) is 4.84 Å². The molecular weight excluding hydrogens is 240 g/mol. The highest BCUT2D eigenvalue weighted by Crippen LogP contribution is 2.04. The molecule has 1 rings (SSSR count). The number of unbranched alkanes of at least 4 members (excludes halogenated alkanes) is 2. The van der Waals surface area contributed by atoms with Gasteiger partial charge in [-0.05, 0) is 25.1 Å². The van der Waals surface area contributed by atoms with Crippen LogP contribution in [0.3, 0.4) is 0 Å². The normalized spacial score (nSPS) is 11.8. The highest BCUT2D eigenvalue weighted by Gasteiger charge is 2.04. The van der Waals surface area contributed by atoms with Gasteiger partial charge in [0.1, 0.15) is 0 Å². The second-order valence-electron chi connectivity index (χ2n) is 3.10. The van der Waals surface area contributed by atoms with E-state index in [1.165, 1.54) is 0 Å². The van der Waals surface area contributed by atoms with Crippen molar-refractivity contribution in [1.29, 1.82) is 0 Å². The fraction of sp³-hybridized carbons (Fsp3) is 0.714. The average Bonchev–Trinajstić information content (AvgIpc) is 2.49. The van der Waals surface area contributed by atoms with Gasteiger partial charge in [0.25, 0.3) is 15.0 Å². The summed E-state index contributed by atoms with van der Waals surface area (Å²) >= 11 is 4.69. The van der Waals surface area contributed by atoms with Crippen molar-refractivity contribution in [3.63, 3.8) is 0 Å². The molecule has 6 nitrogen and oxygen atoms in total. The number of nitrogens with zero attached hydrogens (tertiary/aromatic N) is 1. The Hall–Kier alpha value is -0.730. The standard InChI is InChI=1S/C7H12N2O4S2/c10-15(11,12)5-3-1-2-4-6-8-9-7(14)13-6/h1-5H2,(H,9,14)(H,10,11,12). The third-order valence-electron chi connectivity index (χ3n) is 1.78. The Morgan fingerprint density at radius 2 is 2.13 bits per heavy atom. The van der Waals surface area contributed by atoms with E-state index in [9.17, 15) is 8.42 Å². The average molecular weight is 252 g/mol. The maximum Gasteiger partial charge on any atom is 0.284 e. The van der Waals surface area contributed by atoms with Crippen molar-refractivity contribution in [3.8, 4) is 0 Å². The zero-order valence-corrected chi connectivity index (χ0v) is 9.60. The minimum atomic E-state index is -3.83. The Morgan fingerprint density at radius 3 is 2.67 bits per heavy atom. The molecule has 0 saturated carbocycles. The van der Waals surface area contributed by atoms with Gasteiger partial charge in [0.2, 0.25) is 5.89 Å². The maximum atomic E-state index is 10.4. The first-order chi connectivity index (χ1) is 6.97. The van der Waals surface area contributed by atoms with Gasteiger partial charge in [-0.15, -0.1) is 5.10 Å². The monoisotopic (exact) mass is 252 g/mol. The number of aryl methyl sites for hydroxylation is 1. The Morgan fingerprint density at radius 1 is 1.40 bits per heavy atom. The number of aromatic nitrogens is 2. The van der Waals surface area contributed by atoms with Gasteiger partial charge in [-0.3, -0.25) is 4.55 Å². The van der Waals surface area contributed by atoms with E-state index in [-0.39, 0.29) is 10.6 Å². The van der Waals surface area contributed by atoms with Gasteiger partial charge < -0.3 is 4.42 Å². The first-order valence-corrected chi connectivity index (χ1v) is 6.49. The van der Waals surface area contributed by atoms with Crippen LogP contribution in [0.1, 0.15) is 25.2 Å². The van der Waals surface area contributed by atoms with E-state index in [0.717, 1.165) is 6.42 Å². The maximum absolute atomic E-state index is 10.4. The molecule has 2 N–H and O–H groups in total. The lowest BCUT2D eigenvalue weighted by molar-refractivity contribution is 0.466. The third-order valence-corrected chi connectivity index (χ3v) is 2.75. The fourth-order valence-corrected chi connectivity index (χ4v) is 1.82. The van der Waals surface area contributed by atoms with E-state index < -0.39 is 10.1 Å². The Labute approximate surface area is 92.4 Å². The molecule has 8 heteroatoms. The summed E-state index contributed by atoms with van der Waals surface area (Å²) in [6.07, 6.45) is 2.48. The van der Waals surface area contributed by atoms with Crippen molar-refractivity contribution in [3.05, 3.63) is 10.7 Å². The molecule has 0 aliphatic carbocycles. The molecule has 15 heavy (non-hydrogen) atoms. The van der Waals surface area contributed by atoms with Crippen molar-refractivity contribution in [2.45, 2.75) is 25.7 Å². The van der Waals surface area contributed by atoms with E-state index >= 15 is 0 Å². The molecule has 1 aromatic heterocycles. The fourth-order valence-electron chi connectivity index (χ4n) is 1.11. The van der Waals surface area contributed by atoms with E-state index in [1.54, 1.807) is 0 Å². The van der Waals surface area contributed by atoms with Crippen LogP contribution in [0.5, 0.6) is 0 Å². The second-order valence-corrected chi connectivity index (χ2v) is 5.05. The van der Waals surface area contributed by atoms with Crippen LogP contribution in [-0.2, 0) is 16.5 Å². The van der Waals surface area contributed by atoms with E-state index in [0.29, 0.717) is 25.2 Å². The molecule has 0 bridgehead atoms. The predicted octanol–water partition coefficient (Wildman–Crippen LogP) is 1.33. The van der Waals surface area contributed by atoms with Crippen LogP contribution in [0.25, 0.3) is 0 Å². The lowest BCUT2D eigenvalue weighted by Gasteiger charge is -1.96.